The molecular formula is C13H17N3O. The van der Waals surface area contributed by atoms with Crippen molar-refractivity contribution in [2.45, 2.75) is 13.8 Å². The Labute approximate surface area is 101 Å². The van der Waals surface area contributed by atoms with Crippen molar-refractivity contribution in [3.05, 3.63) is 23.6 Å². The van der Waals surface area contributed by atoms with Crippen LogP contribution in [-0.2, 0) is 0 Å². The van der Waals surface area contributed by atoms with Gasteiger partial charge in [-0.2, -0.15) is 0 Å². The van der Waals surface area contributed by atoms with E-state index in [4.69, 9.17) is 4.42 Å². The molecule has 0 atom stereocenters. The largest absolute Gasteiger partial charge is 0.441 e. The predicted octanol–water partition coefficient (Wildman–Crippen LogP) is 1.85. The fourth-order valence-corrected chi connectivity index (χ4v) is 2.62. The van der Waals surface area contributed by atoms with Gasteiger partial charge in [0.1, 0.15) is 5.52 Å². The van der Waals surface area contributed by atoms with Crippen LogP contribution in [0, 0.1) is 13.8 Å². The summed E-state index contributed by atoms with van der Waals surface area (Å²) in [5, 5.41) is 3.37. The van der Waals surface area contributed by atoms with E-state index in [2.05, 4.69) is 35.1 Å². The molecule has 1 aliphatic rings. The van der Waals surface area contributed by atoms with Crippen LogP contribution < -0.4 is 10.2 Å². The van der Waals surface area contributed by atoms with Crippen LogP contribution in [0.25, 0.3) is 11.1 Å². The molecule has 1 aliphatic heterocycles. The van der Waals surface area contributed by atoms with Crippen molar-refractivity contribution in [2.24, 2.45) is 0 Å². The lowest BCUT2D eigenvalue weighted by Gasteiger charge is -2.30. The zero-order chi connectivity index (χ0) is 11.8. The van der Waals surface area contributed by atoms with Gasteiger partial charge in [-0.3, -0.25) is 0 Å². The van der Waals surface area contributed by atoms with E-state index in [1.54, 1.807) is 6.39 Å². The molecule has 1 saturated heterocycles. The van der Waals surface area contributed by atoms with E-state index < -0.39 is 0 Å². The average molecular weight is 231 g/mol. The summed E-state index contributed by atoms with van der Waals surface area (Å²) in [7, 11) is 0. The third kappa shape index (κ3) is 1.69. The molecule has 90 valence electrons. The molecule has 0 amide bonds. The van der Waals surface area contributed by atoms with Crippen LogP contribution in [0.1, 0.15) is 11.1 Å². The molecule has 1 fully saturated rings. The van der Waals surface area contributed by atoms with E-state index >= 15 is 0 Å². The Morgan fingerprint density at radius 1 is 1.24 bits per heavy atom. The summed E-state index contributed by atoms with van der Waals surface area (Å²) in [6.07, 6.45) is 1.54. The van der Waals surface area contributed by atoms with Crippen LogP contribution >= 0.6 is 0 Å². The number of hydrogen-bond donors (Lipinski definition) is 1. The monoisotopic (exact) mass is 231 g/mol. The van der Waals surface area contributed by atoms with Crippen LogP contribution in [0.2, 0.25) is 0 Å². The van der Waals surface area contributed by atoms with Crippen LogP contribution in [-0.4, -0.2) is 31.2 Å². The highest BCUT2D eigenvalue weighted by Crippen LogP contribution is 2.32. The van der Waals surface area contributed by atoms with E-state index in [1.807, 2.05) is 0 Å². The summed E-state index contributed by atoms with van der Waals surface area (Å²) >= 11 is 0. The first-order valence-electron chi connectivity index (χ1n) is 6.06. The Hall–Kier alpha value is -1.55. The molecule has 0 radical (unpaired) electrons. The molecule has 4 heteroatoms. The maximum Gasteiger partial charge on any atom is 0.182 e. The number of benzene rings is 1. The number of fused-ring (bicyclic) bond motifs is 1. The summed E-state index contributed by atoms with van der Waals surface area (Å²) in [4.78, 5) is 6.69. The normalized spacial score (nSPS) is 16.7. The van der Waals surface area contributed by atoms with Gasteiger partial charge in [-0.05, 0) is 25.0 Å². The van der Waals surface area contributed by atoms with Crippen LogP contribution in [0.4, 0.5) is 5.69 Å². The predicted molar refractivity (Wildman–Crippen MR) is 68.6 cm³/mol. The van der Waals surface area contributed by atoms with Crippen molar-refractivity contribution < 1.29 is 4.42 Å². The minimum absolute atomic E-state index is 0.935. The second-order valence-electron chi connectivity index (χ2n) is 4.63. The van der Waals surface area contributed by atoms with Gasteiger partial charge in [-0.25, -0.2) is 4.98 Å². The molecule has 0 aliphatic carbocycles. The number of aromatic nitrogens is 1. The fourth-order valence-electron chi connectivity index (χ4n) is 2.62. The molecule has 1 aromatic heterocycles. The van der Waals surface area contributed by atoms with E-state index in [1.165, 1.54) is 16.8 Å². The molecule has 0 spiro atoms. The van der Waals surface area contributed by atoms with Crippen molar-refractivity contribution in [2.75, 3.05) is 31.1 Å². The molecule has 0 unspecified atom stereocenters. The molecule has 2 aromatic rings. The fraction of sp³-hybridized carbons (Fsp3) is 0.462. The van der Waals surface area contributed by atoms with Gasteiger partial charge in [0, 0.05) is 26.2 Å². The topological polar surface area (TPSA) is 41.3 Å². The van der Waals surface area contributed by atoms with Gasteiger partial charge in [0.15, 0.2) is 12.0 Å². The van der Waals surface area contributed by atoms with Gasteiger partial charge in [-0.15, -0.1) is 0 Å². The van der Waals surface area contributed by atoms with Gasteiger partial charge in [0.25, 0.3) is 0 Å². The van der Waals surface area contributed by atoms with E-state index in [-0.39, 0.29) is 0 Å². The first-order valence-corrected chi connectivity index (χ1v) is 6.06. The molecule has 1 N–H and O–H groups in total. The van der Waals surface area contributed by atoms with Gasteiger partial charge >= 0.3 is 0 Å². The SMILES string of the molecule is Cc1cc(C)c2ncoc2c1N1CCNCC1. The Morgan fingerprint density at radius 2 is 2.00 bits per heavy atom. The minimum Gasteiger partial charge on any atom is -0.441 e. The Bertz CT molecular complexity index is 541. The number of rotatable bonds is 1. The van der Waals surface area contributed by atoms with Crippen molar-refractivity contribution in [1.29, 1.82) is 0 Å². The first-order chi connectivity index (χ1) is 8.27. The number of piperazine rings is 1. The molecule has 0 saturated carbocycles. The maximum atomic E-state index is 5.59. The highest BCUT2D eigenvalue weighted by Gasteiger charge is 2.19. The van der Waals surface area contributed by atoms with Gasteiger partial charge in [-0.1, -0.05) is 6.07 Å². The molecule has 0 bridgehead atoms. The highest BCUT2D eigenvalue weighted by molar-refractivity contribution is 5.91. The lowest BCUT2D eigenvalue weighted by molar-refractivity contribution is 0.575. The molecule has 3 rings (SSSR count). The smallest absolute Gasteiger partial charge is 0.182 e. The van der Waals surface area contributed by atoms with E-state index in [9.17, 15) is 0 Å². The number of nitrogens with one attached hydrogen (secondary N) is 1. The van der Waals surface area contributed by atoms with Crippen molar-refractivity contribution in [3.63, 3.8) is 0 Å². The Kier molecular flexibility index (Phi) is 2.52. The Balaban J connectivity index is 2.16. The zero-order valence-corrected chi connectivity index (χ0v) is 10.3. The first kappa shape index (κ1) is 10.6. The zero-order valence-electron chi connectivity index (χ0n) is 10.3. The van der Waals surface area contributed by atoms with E-state index in [0.29, 0.717) is 0 Å². The van der Waals surface area contributed by atoms with Gasteiger partial charge in [0.2, 0.25) is 0 Å². The molecule has 1 aromatic carbocycles. The second-order valence-corrected chi connectivity index (χ2v) is 4.63. The van der Waals surface area contributed by atoms with E-state index in [0.717, 1.165) is 37.3 Å². The van der Waals surface area contributed by atoms with Crippen molar-refractivity contribution in [1.82, 2.24) is 10.3 Å². The van der Waals surface area contributed by atoms with Gasteiger partial charge < -0.3 is 14.6 Å². The van der Waals surface area contributed by atoms with Crippen molar-refractivity contribution in [3.8, 4) is 0 Å². The minimum atomic E-state index is 0.935. The van der Waals surface area contributed by atoms with Crippen molar-refractivity contribution >= 4 is 16.8 Å². The summed E-state index contributed by atoms with van der Waals surface area (Å²) in [5.74, 6) is 0. The number of hydrogen-bond acceptors (Lipinski definition) is 4. The summed E-state index contributed by atoms with van der Waals surface area (Å²) in [6, 6.07) is 2.20. The lowest BCUT2D eigenvalue weighted by atomic mass is 10.1. The maximum absolute atomic E-state index is 5.59. The Morgan fingerprint density at radius 3 is 2.76 bits per heavy atom. The van der Waals surface area contributed by atoms with Crippen LogP contribution in [0.3, 0.4) is 0 Å². The molecular weight excluding hydrogens is 214 g/mol. The van der Waals surface area contributed by atoms with Crippen LogP contribution in [0.5, 0.6) is 0 Å². The third-order valence-electron chi connectivity index (χ3n) is 3.40. The molecule has 2 heterocycles. The third-order valence-corrected chi connectivity index (χ3v) is 3.40. The number of nitrogens with zero attached hydrogens (tertiary/aromatic N) is 2. The summed E-state index contributed by atoms with van der Waals surface area (Å²) in [5.41, 5.74) is 5.59. The van der Waals surface area contributed by atoms with Gasteiger partial charge in [0.05, 0.1) is 5.69 Å². The molecule has 17 heavy (non-hydrogen) atoms. The second kappa shape index (κ2) is 4.04. The lowest BCUT2D eigenvalue weighted by Crippen LogP contribution is -2.43. The quantitative estimate of drug-likeness (QED) is 0.813. The molecule has 4 nitrogen and oxygen atoms in total. The number of anilines is 1. The average Bonchev–Trinajstić information content (AvgIpc) is 2.79. The highest BCUT2D eigenvalue weighted by atomic mass is 16.3. The number of aryl methyl sites for hydroxylation is 2. The summed E-state index contributed by atoms with van der Waals surface area (Å²) in [6.45, 7) is 8.34. The van der Waals surface area contributed by atoms with Crippen LogP contribution in [0.15, 0.2) is 16.9 Å². The standard InChI is InChI=1S/C13H17N3O/c1-9-7-10(2)12(13-11(9)15-8-17-13)16-5-3-14-4-6-16/h7-8,14H,3-6H2,1-2H3. The number of oxazole rings is 1. The summed E-state index contributed by atoms with van der Waals surface area (Å²) < 4.78 is 5.59.